The van der Waals surface area contributed by atoms with Crippen molar-refractivity contribution in [3.05, 3.63) is 35.5 Å². The van der Waals surface area contributed by atoms with Gasteiger partial charge in [-0.25, -0.2) is 19.4 Å². The van der Waals surface area contributed by atoms with Crippen LogP contribution in [-0.4, -0.2) is 30.8 Å². The Morgan fingerprint density at radius 2 is 2.11 bits per heavy atom. The highest BCUT2D eigenvalue weighted by Crippen LogP contribution is 2.15. The molecule has 6 nitrogen and oxygen atoms in total. The number of carbonyl (C=O) groups is 1. The van der Waals surface area contributed by atoms with Crippen molar-refractivity contribution in [1.82, 2.24) is 19.7 Å². The summed E-state index contributed by atoms with van der Waals surface area (Å²) in [5.74, 6) is 0.450. The molecule has 0 bridgehead atoms. The SMILES string of the molecule is Cc1nc(C(C)C)cc(-n2ccc(C(=O)O)n2)n1. The Balaban J connectivity index is 2.46. The van der Waals surface area contributed by atoms with Gasteiger partial charge in [-0.15, -0.1) is 0 Å². The minimum Gasteiger partial charge on any atom is -0.476 e. The first-order chi connectivity index (χ1) is 8.47. The second-order valence-corrected chi connectivity index (χ2v) is 4.30. The first-order valence-corrected chi connectivity index (χ1v) is 5.62. The highest BCUT2D eigenvalue weighted by atomic mass is 16.4. The average Bonchev–Trinajstić information content (AvgIpc) is 2.77. The van der Waals surface area contributed by atoms with Crippen LogP contribution in [0, 0.1) is 6.92 Å². The van der Waals surface area contributed by atoms with Crippen LogP contribution in [0.1, 0.15) is 41.8 Å². The van der Waals surface area contributed by atoms with Crippen LogP contribution in [0.3, 0.4) is 0 Å². The van der Waals surface area contributed by atoms with E-state index in [4.69, 9.17) is 5.11 Å². The summed E-state index contributed by atoms with van der Waals surface area (Å²) in [6.45, 7) is 5.88. The number of nitrogens with zero attached hydrogens (tertiary/aromatic N) is 4. The quantitative estimate of drug-likeness (QED) is 0.892. The molecule has 2 heterocycles. The maximum atomic E-state index is 10.8. The molecule has 0 radical (unpaired) electrons. The minimum atomic E-state index is -1.05. The van der Waals surface area contributed by atoms with Gasteiger partial charge in [-0.3, -0.25) is 0 Å². The average molecular weight is 246 g/mol. The molecule has 2 aromatic rings. The first kappa shape index (κ1) is 12.2. The zero-order valence-corrected chi connectivity index (χ0v) is 10.5. The molecule has 0 amide bonds. The van der Waals surface area contributed by atoms with Crippen molar-refractivity contribution in [3.63, 3.8) is 0 Å². The summed E-state index contributed by atoms with van der Waals surface area (Å²) in [5, 5.41) is 12.8. The van der Waals surface area contributed by atoms with Gasteiger partial charge in [-0.1, -0.05) is 13.8 Å². The van der Waals surface area contributed by atoms with Crippen molar-refractivity contribution in [1.29, 1.82) is 0 Å². The number of carboxylic acids is 1. The summed E-state index contributed by atoms with van der Waals surface area (Å²) in [7, 11) is 0. The second kappa shape index (κ2) is 4.56. The van der Waals surface area contributed by atoms with Gasteiger partial charge in [0.1, 0.15) is 5.82 Å². The topological polar surface area (TPSA) is 80.9 Å². The van der Waals surface area contributed by atoms with Gasteiger partial charge in [0.15, 0.2) is 11.5 Å². The molecular formula is C12H14N4O2. The smallest absolute Gasteiger partial charge is 0.356 e. The van der Waals surface area contributed by atoms with Gasteiger partial charge in [-0.05, 0) is 18.9 Å². The van der Waals surface area contributed by atoms with E-state index < -0.39 is 5.97 Å². The molecule has 18 heavy (non-hydrogen) atoms. The van der Waals surface area contributed by atoms with Crippen molar-refractivity contribution in [2.45, 2.75) is 26.7 Å². The van der Waals surface area contributed by atoms with Crippen LogP contribution in [-0.2, 0) is 0 Å². The van der Waals surface area contributed by atoms with Crippen molar-refractivity contribution in [2.75, 3.05) is 0 Å². The summed E-state index contributed by atoms with van der Waals surface area (Å²) in [4.78, 5) is 19.4. The molecule has 0 saturated heterocycles. The van der Waals surface area contributed by atoms with Crippen LogP contribution in [0.2, 0.25) is 0 Å². The van der Waals surface area contributed by atoms with Crippen LogP contribution < -0.4 is 0 Å². The summed E-state index contributed by atoms with van der Waals surface area (Å²) in [6, 6.07) is 3.26. The highest BCUT2D eigenvalue weighted by molar-refractivity contribution is 5.85. The van der Waals surface area contributed by atoms with Crippen LogP contribution >= 0.6 is 0 Å². The Labute approximate surface area is 104 Å². The molecule has 0 aliphatic carbocycles. The molecule has 0 atom stereocenters. The normalized spacial score (nSPS) is 10.9. The van der Waals surface area contributed by atoms with E-state index >= 15 is 0 Å². The van der Waals surface area contributed by atoms with Crippen LogP contribution in [0.15, 0.2) is 18.3 Å². The number of aromatic carboxylic acids is 1. The molecule has 94 valence electrons. The molecule has 2 rings (SSSR count). The third kappa shape index (κ3) is 2.37. The lowest BCUT2D eigenvalue weighted by Crippen LogP contribution is -2.06. The van der Waals surface area contributed by atoms with E-state index in [1.807, 2.05) is 19.9 Å². The lowest BCUT2D eigenvalue weighted by molar-refractivity contribution is 0.0690. The maximum Gasteiger partial charge on any atom is 0.356 e. The van der Waals surface area contributed by atoms with Crippen molar-refractivity contribution >= 4 is 5.97 Å². The van der Waals surface area contributed by atoms with E-state index in [-0.39, 0.29) is 11.6 Å². The van der Waals surface area contributed by atoms with E-state index in [0.29, 0.717) is 11.6 Å². The first-order valence-electron chi connectivity index (χ1n) is 5.62. The van der Waals surface area contributed by atoms with E-state index in [2.05, 4.69) is 15.1 Å². The van der Waals surface area contributed by atoms with Gasteiger partial charge >= 0.3 is 5.97 Å². The van der Waals surface area contributed by atoms with Gasteiger partial charge in [-0.2, -0.15) is 5.10 Å². The Kier molecular flexibility index (Phi) is 3.10. The van der Waals surface area contributed by atoms with Gasteiger partial charge in [0.05, 0.1) is 0 Å². The Bertz CT molecular complexity index is 590. The molecule has 0 fully saturated rings. The fraction of sp³-hybridized carbons (Fsp3) is 0.333. The fourth-order valence-corrected chi connectivity index (χ4v) is 1.55. The lowest BCUT2D eigenvalue weighted by atomic mass is 10.1. The van der Waals surface area contributed by atoms with E-state index in [1.54, 1.807) is 13.1 Å². The van der Waals surface area contributed by atoms with Gasteiger partial charge in [0, 0.05) is 18.0 Å². The molecule has 6 heteroatoms. The molecule has 0 saturated carbocycles. The number of rotatable bonds is 3. The molecule has 0 aliphatic heterocycles. The van der Waals surface area contributed by atoms with E-state index in [1.165, 1.54) is 10.7 Å². The fourth-order valence-electron chi connectivity index (χ4n) is 1.55. The number of carboxylic acid groups (broad SMARTS) is 1. The van der Waals surface area contributed by atoms with Crippen molar-refractivity contribution in [2.24, 2.45) is 0 Å². The number of aromatic nitrogens is 4. The standard InChI is InChI=1S/C12H14N4O2/c1-7(2)10-6-11(14-8(3)13-10)16-5-4-9(15-16)12(17)18/h4-7H,1-3H3,(H,17,18). The maximum absolute atomic E-state index is 10.8. The predicted molar refractivity (Wildman–Crippen MR) is 64.9 cm³/mol. The predicted octanol–water partition coefficient (Wildman–Crippen LogP) is 1.79. The van der Waals surface area contributed by atoms with Gasteiger partial charge < -0.3 is 5.11 Å². The van der Waals surface area contributed by atoms with Crippen LogP contribution in [0.4, 0.5) is 0 Å². The molecule has 0 unspecified atom stereocenters. The number of aryl methyl sites for hydroxylation is 1. The Morgan fingerprint density at radius 1 is 1.39 bits per heavy atom. The Morgan fingerprint density at radius 3 is 2.67 bits per heavy atom. The van der Waals surface area contributed by atoms with Crippen molar-refractivity contribution < 1.29 is 9.90 Å². The summed E-state index contributed by atoms with van der Waals surface area (Å²) < 4.78 is 1.45. The molecular weight excluding hydrogens is 232 g/mol. The zero-order chi connectivity index (χ0) is 13.3. The highest BCUT2D eigenvalue weighted by Gasteiger charge is 2.11. The summed E-state index contributed by atoms with van der Waals surface area (Å²) in [5.41, 5.74) is 0.905. The summed E-state index contributed by atoms with van der Waals surface area (Å²) in [6.07, 6.45) is 1.58. The largest absolute Gasteiger partial charge is 0.476 e. The number of hydrogen-bond donors (Lipinski definition) is 1. The molecule has 0 aromatic carbocycles. The molecule has 2 aromatic heterocycles. The Hall–Kier alpha value is -2.24. The summed E-state index contributed by atoms with van der Waals surface area (Å²) >= 11 is 0. The molecule has 0 spiro atoms. The molecule has 1 N–H and O–H groups in total. The zero-order valence-electron chi connectivity index (χ0n) is 10.5. The minimum absolute atomic E-state index is 0.00244. The molecule has 0 aliphatic rings. The van der Waals surface area contributed by atoms with E-state index in [0.717, 1.165) is 5.69 Å². The lowest BCUT2D eigenvalue weighted by Gasteiger charge is -2.08. The third-order valence-corrected chi connectivity index (χ3v) is 2.48. The van der Waals surface area contributed by atoms with E-state index in [9.17, 15) is 4.79 Å². The van der Waals surface area contributed by atoms with Gasteiger partial charge in [0.2, 0.25) is 0 Å². The monoisotopic (exact) mass is 246 g/mol. The van der Waals surface area contributed by atoms with Crippen LogP contribution in [0.25, 0.3) is 5.82 Å². The number of hydrogen-bond acceptors (Lipinski definition) is 4. The van der Waals surface area contributed by atoms with Crippen LogP contribution in [0.5, 0.6) is 0 Å². The van der Waals surface area contributed by atoms with Gasteiger partial charge in [0.25, 0.3) is 0 Å². The van der Waals surface area contributed by atoms with Crippen molar-refractivity contribution in [3.8, 4) is 5.82 Å². The second-order valence-electron chi connectivity index (χ2n) is 4.30. The third-order valence-electron chi connectivity index (χ3n) is 2.48.